The van der Waals surface area contributed by atoms with Gasteiger partial charge in [0.25, 0.3) is 0 Å². The number of amides is 1. The van der Waals surface area contributed by atoms with Gasteiger partial charge in [-0.05, 0) is 42.4 Å². The third kappa shape index (κ3) is 3.09. The molecular formula is C16H23NO2. The van der Waals surface area contributed by atoms with Crippen molar-refractivity contribution in [2.75, 3.05) is 13.1 Å². The zero-order chi connectivity index (χ0) is 13.9. The first kappa shape index (κ1) is 13.9. The van der Waals surface area contributed by atoms with Gasteiger partial charge in [-0.3, -0.25) is 4.79 Å². The minimum atomic E-state index is 0.175. The van der Waals surface area contributed by atoms with Gasteiger partial charge in [-0.2, -0.15) is 0 Å². The van der Waals surface area contributed by atoms with Crippen molar-refractivity contribution in [1.29, 1.82) is 0 Å². The molecule has 0 aromatic heterocycles. The van der Waals surface area contributed by atoms with Crippen molar-refractivity contribution in [2.24, 2.45) is 5.41 Å². The lowest BCUT2D eigenvalue weighted by Gasteiger charge is -2.26. The molecule has 3 heteroatoms. The molecule has 1 N–H and O–H groups in total. The van der Waals surface area contributed by atoms with Crippen LogP contribution in [0.2, 0.25) is 0 Å². The second-order valence-corrected chi connectivity index (χ2v) is 5.62. The standard InChI is InChI=1S/C16H23NO2/c1-3-16(4-2)8-9-17(12-16)15(19)11-13-6-5-7-14(18)10-13/h5-7,10,18H,3-4,8-9,11-12H2,1-2H3. The second-order valence-electron chi connectivity index (χ2n) is 5.62. The van der Waals surface area contributed by atoms with Crippen molar-refractivity contribution >= 4 is 5.91 Å². The Hall–Kier alpha value is -1.51. The Kier molecular flexibility index (Phi) is 4.13. The largest absolute Gasteiger partial charge is 0.508 e. The Bertz CT molecular complexity index is 452. The van der Waals surface area contributed by atoms with Crippen LogP contribution in [0, 0.1) is 5.41 Å². The van der Waals surface area contributed by atoms with Gasteiger partial charge in [-0.15, -0.1) is 0 Å². The summed E-state index contributed by atoms with van der Waals surface area (Å²) >= 11 is 0. The summed E-state index contributed by atoms with van der Waals surface area (Å²) in [5.74, 6) is 0.401. The number of hydrogen-bond donors (Lipinski definition) is 1. The summed E-state index contributed by atoms with van der Waals surface area (Å²) in [6.07, 6.45) is 3.78. The molecule has 1 aliphatic heterocycles. The lowest BCUT2D eigenvalue weighted by Crippen LogP contribution is -2.32. The number of nitrogens with zero attached hydrogens (tertiary/aromatic N) is 1. The minimum absolute atomic E-state index is 0.175. The Morgan fingerprint density at radius 3 is 2.68 bits per heavy atom. The fraction of sp³-hybridized carbons (Fsp3) is 0.562. The topological polar surface area (TPSA) is 40.5 Å². The minimum Gasteiger partial charge on any atom is -0.508 e. The number of benzene rings is 1. The molecule has 1 saturated heterocycles. The molecule has 0 unspecified atom stereocenters. The Morgan fingerprint density at radius 2 is 2.11 bits per heavy atom. The average Bonchev–Trinajstić information content (AvgIpc) is 2.84. The third-order valence-electron chi connectivity index (χ3n) is 4.56. The molecule has 19 heavy (non-hydrogen) atoms. The van der Waals surface area contributed by atoms with Crippen LogP contribution in [-0.4, -0.2) is 29.0 Å². The molecule has 0 atom stereocenters. The molecule has 104 valence electrons. The lowest BCUT2D eigenvalue weighted by atomic mass is 9.82. The summed E-state index contributed by atoms with van der Waals surface area (Å²) in [6.45, 7) is 6.19. The van der Waals surface area contributed by atoms with Gasteiger partial charge in [0.1, 0.15) is 5.75 Å². The Balaban J connectivity index is 1.98. The Labute approximate surface area is 115 Å². The first-order valence-electron chi connectivity index (χ1n) is 7.14. The average molecular weight is 261 g/mol. The lowest BCUT2D eigenvalue weighted by molar-refractivity contribution is -0.129. The monoisotopic (exact) mass is 261 g/mol. The molecule has 0 bridgehead atoms. The predicted octanol–water partition coefficient (Wildman–Crippen LogP) is 2.97. The molecule has 2 rings (SSSR count). The van der Waals surface area contributed by atoms with Crippen molar-refractivity contribution in [3.05, 3.63) is 29.8 Å². The highest BCUT2D eigenvalue weighted by atomic mass is 16.3. The van der Waals surface area contributed by atoms with Crippen LogP contribution in [0.5, 0.6) is 5.75 Å². The summed E-state index contributed by atoms with van der Waals surface area (Å²) in [6, 6.07) is 6.97. The maximum atomic E-state index is 12.3. The van der Waals surface area contributed by atoms with E-state index in [0.29, 0.717) is 11.8 Å². The van der Waals surface area contributed by atoms with Crippen LogP contribution in [-0.2, 0) is 11.2 Å². The van der Waals surface area contributed by atoms with E-state index in [9.17, 15) is 9.90 Å². The predicted molar refractivity (Wildman–Crippen MR) is 76.0 cm³/mol. The number of likely N-dealkylation sites (tertiary alicyclic amines) is 1. The molecular weight excluding hydrogens is 238 g/mol. The van der Waals surface area contributed by atoms with Crippen molar-refractivity contribution in [3.63, 3.8) is 0 Å². The zero-order valence-electron chi connectivity index (χ0n) is 11.9. The smallest absolute Gasteiger partial charge is 0.227 e. The van der Waals surface area contributed by atoms with Crippen LogP contribution < -0.4 is 0 Å². The SMILES string of the molecule is CCC1(CC)CCN(C(=O)Cc2cccc(O)c2)C1. The van der Waals surface area contributed by atoms with E-state index in [1.807, 2.05) is 11.0 Å². The van der Waals surface area contributed by atoms with Gasteiger partial charge in [0, 0.05) is 13.1 Å². The summed E-state index contributed by atoms with van der Waals surface area (Å²) in [7, 11) is 0. The van der Waals surface area contributed by atoms with Gasteiger partial charge < -0.3 is 10.0 Å². The highest BCUT2D eigenvalue weighted by molar-refractivity contribution is 5.79. The molecule has 1 aliphatic rings. The van der Waals surface area contributed by atoms with E-state index < -0.39 is 0 Å². The summed E-state index contributed by atoms with van der Waals surface area (Å²) in [4.78, 5) is 14.3. The second kappa shape index (κ2) is 5.64. The first-order chi connectivity index (χ1) is 9.08. The molecule has 0 radical (unpaired) electrons. The molecule has 0 aliphatic carbocycles. The number of aromatic hydroxyl groups is 1. The van der Waals surface area contributed by atoms with E-state index in [4.69, 9.17) is 0 Å². The number of hydrogen-bond acceptors (Lipinski definition) is 2. The Morgan fingerprint density at radius 1 is 1.37 bits per heavy atom. The quantitative estimate of drug-likeness (QED) is 0.905. The normalized spacial score (nSPS) is 17.7. The number of carbonyl (C=O) groups is 1. The van der Waals surface area contributed by atoms with Gasteiger partial charge in [0.2, 0.25) is 5.91 Å². The van der Waals surface area contributed by atoms with Crippen LogP contribution in [0.3, 0.4) is 0 Å². The van der Waals surface area contributed by atoms with Crippen LogP contribution in [0.15, 0.2) is 24.3 Å². The third-order valence-corrected chi connectivity index (χ3v) is 4.56. The van der Waals surface area contributed by atoms with Gasteiger partial charge in [0.15, 0.2) is 0 Å². The van der Waals surface area contributed by atoms with Gasteiger partial charge >= 0.3 is 0 Å². The summed E-state index contributed by atoms with van der Waals surface area (Å²) < 4.78 is 0. The molecule has 0 saturated carbocycles. The van der Waals surface area contributed by atoms with Crippen LogP contribution in [0.4, 0.5) is 0 Å². The number of phenolic OH excluding ortho intramolecular Hbond substituents is 1. The van der Waals surface area contributed by atoms with Crippen molar-refractivity contribution in [1.82, 2.24) is 4.90 Å². The maximum Gasteiger partial charge on any atom is 0.227 e. The number of carbonyl (C=O) groups excluding carboxylic acids is 1. The van der Waals surface area contributed by atoms with E-state index >= 15 is 0 Å². The summed E-state index contributed by atoms with van der Waals surface area (Å²) in [5, 5.41) is 9.43. The summed E-state index contributed by atoms with van der Waals surface area (Å²) in [5.41, 5.74) is 1.21. The fourth-order valence-corrected chi connectivity index (χ4v) is 2.93. The van der Waals surface area contributed by atoms with E-state index in [0.717, 1.165) is 37.9 Å². The van der Waals surface area contributed by atoms with Crippen molar-refractivity contribution in [3.8, 4) is 5.75 Å². The molecule has 1 amide bonds. The first-order valence-corrected chi connectivity index (χ1v) is 7.14. The van der Waals surface area contributed by atoms with Gasteiger partial charge in [-0.25, -0.2) is 0 Å². The van der Waals surface area contributed by atoms with E-state index in [2.05, 4.69) is 13.8 Å². The zero-order valence-corrected chi connectivity index (χ0v) is 11.9. The maximum absolute atomic E-state index is 12.3. The fourth-order valence-electron chi connectivity index (χ4n) is 2.93. The van der Waals surface area contributed by atoms with E-state index in [-0.39, 0.29) is 11.7 Å². The van der Waals surface area contributed by atoms with Crippen LogP contribution in [0.25, 0.3) is 0 Å². The number of phenols is 1. The van der Waals surface area contributed by atoms with Gasteiger partial charge in [0.05, 0.1) is 6.42 Å². The van der Waals surface area contributed by atoms with Gasteiger partial charge in [-0.1, -0.05) is 26.0 Å². The highest BCUT2D eigenvalue weighted by Gasteiger charge is 2.36. The van der Waals surface area contributed by atoms with Crippen LogP contribution in [0.1, 0.15) is 38.7 Å². The van der Waals surface area contributed by atoms with E-state index in [1.54, 1.807) is 18.2 Å². The molecule has 0 spiro atoms. The molecule has 1 aromatic rings. The van der Waals surface area contributed by atoms with E-state index in [1.165, 1.54) is 0 Å². The highest BCUT2D eigenvalue weighted by Crippen LogP contribution is 2.37. The molecule has 1 fully saturated rings. The molecule has 3 nitrogen and oxygen atoms in total. The number of rotatable bonds is 4. The van der Waals surface area contributed by atoms with Crippen molar-refractivity contribution in [2.45, 2.75) is 39.5 Å². The van der Waals surface area contributed by atoms with Crippen LogP contribution >= 0.6 is 0 Å². The molecule has 1 aromatic carbocycles. The molecule has 1 heterocycles. The van der Waals surface area contributed by atoms with Crippen molar-refractivity contribution < 1.29 is 9.90 Å².